The molecule has 2 heterocycles. The van der Waals surface area contributed by atoms with Crippen LogP contribution in [-0.2, 0) is 0 Å². The Bertz CT molecular complexity index is 534. The molecule has 20 heavy (non-hydrogen) atoms. The maximum Gasteiger partial charge on any atom is 0.223 e. The van der Waals surface area contributed by atoms with Crippen molar-refractivity contribution in [2.75, 3.05) is 5.32 Å². The number of hydrogen-bond acceptors (Lipinski definition) is 6. The second kappa shape index (κ2) is 6.65. The van der Waals surface area contributed by atoms with Crippen LogP contribution in [0, 0.1) is 0 Å². The molecule has 0 bridgehead atoms. The summed E-state index contributed by atoms with van der Waals surface area (Å²) in [5.41, 5.74) is 8.66. The van der Waals surface area contributed by atoms with Gasteiger partial charge in [-0.25, -0.2) is 9.97 Å². The Balaban J connectivity index is 2.18. The maximum atomic E-state index is 6.17. The van der Waals surface area contributed by atoms with E-state index in [9.17, 15) is 0 Å². The molecule has 0 radical (unpaired) electrons. The molecule has 0 aromatic carbocycles. The van der Waals surface area contributed by atoms with Crippen LogP contribution in [0.2, 0.25) is 0 Å². The predicted octanol–water partition coefficient (Wildman–Crippen LogP) is 2.86. The van der Waals surface area contributed by atoms with E-state index in [4.69, 9.17) is 5.73 Å². The minimum Gasteiger partial charge on any atom is -0.395 e. The van der Waals surface area contributed by atoms with Gasteiger partial charge in [-0.1, -0.05) is 25.6 Å². The van der Waals surface area contributed by atoms with Gasteiger partial charge in [-0.05, 0) is 31.2 Å². The van der Waals surface area contributed by atoms with Crippen LogP contribution in [0.15, 0.2) is 28.4 Å². The molecule has 0 fully saturated rings. The van der Waals surface area contributed by atoms with Gasteiger partial charge in [0.25, 0.3) is 0 Å². The van der Waals surface area contributed by atoms with Gasteiger partial charge >= 0.3 is 0 Å². The Labute approximate surface area is 124 Å². The molecular formula is C14H21N5S. The Morgan fingerprint density at radius 2 is 2.20 bits per heavy atom. The molecule has 1 aromatic rings. The molecule has 0 atom stereocenters. The monoisotopic (exact) mass is 291 g/mol. The molecule has 0 saturated heterocycles. The summed E-state index contributed by atoms with van der Waals surface area (Å²) >= 11 is 1.58. The first-order valence-electron chi connectivity index (χ1n) is 6.84. The van der Waals surface area contributed by atoms with Gasteiger partial charge in [-0.15, -0.1) is 0 Å². The molecule has 2 rings (SSSR count). The summed E-state index contributed by atoms with van der Waals surface area (Å²) in [5, 5.41) is 9.53. The van der Waals surface area contributed by atoms with Crippen molar-refractivity contribution in [2.45, 2.75) is 39.7 Å². The largest absolute Gasteiger partial charge is 0.395 e. The quantitative estimate of drug-likeness (QED) is 0.774. The first kappa shape index (κ1) is 14.7. The molecule has 6 heteroatoms. The number of aromatic nitrogens is 2. The van der Waals surface area contributed by atoms with Gasteiger partial charge in [0.1, 0.15) is 5.03 Å². The van der Waals surface area contributed by atoms with Crippen LogP contribution in [0.25, 0.3) is 5.70 Å². The Morgan fingerprint density at radius 3 is 2.80 bits per heavy atom. The van der Waals surface area contributed by atoms with E-state index in [-0.39, 0.29) is 0 Å². The SMILES string of the molecule is CCC(CC)Nc1nccc(/C(N)=C2/NC(C)=CS2)n1. The van der Waals surface area contributed by atoms with Crippen molar-refractivity contribution in [3.63, 3.8) is 0 Å². The standard InChI is InChI=1S/C14H21N5S/c1-4-10(5-2)18-14-16-7-6-11(19-14)12(15)13-17-9(3)8-20-13/h6-8,10,17H,4-5,15H2,1-3H3,(H,16,18,19)/b13-12+. The van der Waals surface area contributed by atoms with Gasteiger partial charge in [-0.2, -0.15) is 0 Å². The highest BCUT2D eigenvalue weighted by Crippen LogP contribution is 2.28. The van der Waals surface area contributed by atoms with E-state index in [1.165, 1.54) is 0 Å². The summed E-state index contributed by atoms with van der Waals surface area (Å²) in [5.74, 6) is 0.632. The summed E-state index contributed by atoms with van der Waals surface area (Å²) in [6, 6.07) is 2.22. The first-order valence-corrected chi connectivity index (χ1v) is 7.72. The number of thioether (sulfide) groups is 1. The van der Waals surface area contributed by atoms with E-state index in [2.05, 4.69) is 34.4 Å². The summed E-state index contributed by atoms with van der Waals surface area (Å²) in [7, 11) is 0. The molecule has 5 nitrogen and oxygen atoms in total. The number of nitrogens with zero attached hydrogens (tertiary/aromatic N) is 2. The third-order valence-electron chi connectivity index (χ3n) is 3.16. The van der Waals surface area contributed by atoms with Crippen LogP contribution in [0.1, 0.15) is 39.3 Å². The number of rotatable bonds is 5. The summed E-state index contributed by atoms with van der Waals surface area (Å²) < 4.78 is 0. The van der Waals surface area contributed by atoms with E-state index >= 15 is 0 Å². The lowest BCUT2D eigenvalue weighted by molar-refractivity contribution is 0.664. The lowest BCUT2D eigenvalue weighted by Crippen LogP contribution is -2.19. The van der Waals surface area contributed by atoms with Crippen molar-refractivity contribution < 1.29 is 0 Å². The molecule has 4 N–H and O–H groups in total. The highest BCUT2D eigenvalue weighted by atomic mass is 32.2. The fraction of sp³-hybridized carbons (Fsp3) is 0.429. The van der Waals surface area contributed by atoms with Crippen LogP contribution >= 0.6 is 11.8 Å². The maximum absolute atomic E-state index is 6.17. The smallest absolute Gasteiger partial charge is 0.223 e. The topological polar surface area (TPSA) is 75.9 Å². The summed E-state index contributed by atoms with van der Waals surface area (Å²) in [6.45, 7) is 6.30. The molecule has 1 aliphatic heterocycles. The Kier molecular flexibility index (Phi) is 4.89. The fourth-order valence-corrected chi connectivity index (χ4v) is 2.69. The zero-order valence-electron chi connectivity index (χ0n) is 12.1. The number of nitrogens with two attached hydrogens (primary N) is 1. The van der Waals surface area contributed by atoms with E-state index in [0.717, 1.165) is 29.3 Å². The average molecular weight is 291 g/mol. The van der Waals surface area contributed by atoms with Crippen LogP contribution in [-0.4, -0.2) is 16.0 Å². The van der Waals surface area contributed by atoms with Gasteiger partial charge in [0, 0.05) is 17.9 Å². The molecule has 1 aromatic heterocycles. The van der Waals surface area contributed by atoms with Crippen LogP contribution in [0.5, 0.6) is 0 Å². The third-order valence-corrected chi connectivity index (χ3v) is 4.19. The normalized spacial score (nSPS) is 16.9. The second-order valence-electron chi connectivity index (χ2n) is 4.71. The fourth-order valence-electron chi connectivity index (χ4n) is 1.89. The zero-order chi connectivity index (χ0) is 14.5. The van der Waals surface area contributed by atoms with Gasteiger partial charge < -0.3 is 16.4 Å². The van der Waals surface area contributed by atoms with Crippen LogP contribution in [0.4, 0.5) is 5.95 Å². The van der Waals surface area contributed by atoms with Crippen LogP contribution < -0.4 is 16.4 Å². The van der Waals surface area contributed by atoms with Crippen molar-refractivity contribution in [3.8, 4) is 0 Å². The second-order valence-corrected chi connectivity index (χ2v) is 5.59. The van der Waals surface area contributed by atoms with Crippen LogP contribution in [0.3, 0.4) is 0 Å². The van der Waals surface area contributed by atoms with E-state index < -0.39 is 0 Å². The third kappa shape index (κ3) is 3.45. The number of nitrogens with one attached hydrogen (secondary N) is 2. The molecular weight excluding hydrogens is 270 g/mol. The molecule has 108 valence electrons. The first-order chi connectivity index (χ1) is 9.63. The molecule has 0 spiro atoms. The molecule has 0 aliphatic carbocycles. The van der Waals surface area contributed by atoms with Crippen molar-refractivity contribution in [1.82, 2.24) is 15.3 Å². The number of hydrogen-bond donors (Lipinski definition) is 3. The van der Waals surface area contributed by atoms with Gasteiger partial charge in [-0.3, -0.25) is 0 Å². The van der Waals surface area contributed by atoms with Crippen molar-refractivity contribution in [2.24, 2.45) is 5.73 Å². The van der Waals surface area contributed by atoms with Crippen molar-refractivity contribution in [3.05, 3.63) is 34.1 Å². The molecule has 1 aliphatic rings. The Hall–Kier alpha value is -1.69. The van der Waals surface area contributed by atoms with Gasteiger partial charge in [0.15, 0.2) is 0 Å². The number of anilines is 1. The van der Waals surface area contributed by atoms with E-state index in [1.807, 2.05) is 18.4 Å². The highest BCUT2D eigenvalue weighted by molar-refractivity contribution is 8.06. The summed E-state index contributed by atoms with van der Waals surface area (Å²) in [4.78, 5) is 8.75. The van der Waals surface area contributed by atoms with E-state index in [1.54, 1.807) is 18.0 Å². The summed E-state index contributed by atoms with van der Waals surface area (Å²) in [6.07, 6.45) is 3.82. The van der Waals surface area contributed by atoms with Crippen molar-refractivity contribution >= 4 is 23.4 Å². The van der Waals surface area contributed by atoms with Gasteiger partial charge in [0.05, 0.1) is 11.4 Å². The number of allylic oxidation sites excluding steroid dienone is 1. The predicted molar refractivity (Wildman–Crippen MR) is 85.6 cm³/mol. The molecule has 0 amide bonds. The zero-order valence-corrected chi connectivity index (χ0v) is 12.9. The minimum atomic E-state index is 0.391. The Morgan fingerprint density at radius 1 is 1.45 bits per heavy atom. The average Bonchev–Trinajstić information content (AvgIpc) is 2.91. The minimum absolute atomic E-state index is 0.391. The van der Waals surface area contributed by atoms with Gasteiger partial charge in [0.2, 0.25) is 5.95 Å². The lowest BCUT2D eigenvalue weighted by atomic mass is 10.2. The van der Waals surface area contributed by atoms with E-state index in [0.29, 0.717) is 17.7 Å². The van der Waals surface area contributed by atoms with Crippen molar-refractivity contribution in [1.29, 1.82) is 0 Å². The molecule has 0 saturated carbocycles. The molecule has 0 unspecified atom stereocenters. The highest BCUT2D eigenvalue weighted by Gasteiger charge is 2.13. The lowest BCUT2D eigenvalue weighted by Gasteiger charge is -2.15.